The fourth-order valence-electron chi connectivity index (χ4n) is 3.23. The number of amides is 3. The van der Waals surface area contributed by atoms with Gasteiger partial charge in [0.15, 0.2) is 0 Å². The first kappa shape index (κ1) is 21.5. The van der Waals surface area contributed by atoms with Crippen LogP contribution in [-0.4, -0.2) is 62.2 Å². The van der Waals surface area contributed by atoms with E-state index in [1.54, 1.807) is 36.0 Å². The molecule has 0 saturated carbocycles. The Bertz CT molecular complexity index is 686. The van der Waals surface area contributed by atoms with Crippen LogP contribution in [0.15, 0.2) is 24.3 Å². The number of hydrogen-bond donors (Lipinski definition) is 1. The van der Waals surface area contributed by atoms with Gasteiger partial charge in [-0.15, -0.1) is 0 Å². The molecule has 1 saturated heterocycles. The first-order valence-electron chi connectivity index (χ1n) is 9.58. The lowest BCUT2D eigenvalue weighted by Gasteiger charge is -2.31. The van der Waals surface area contributed by atoms with E-state index in [0.717, 1.165) is 0 Å². The number of para-hydroxylation sites is 2. The molecule has 0 atom stereocenters. The summed E-state index contributed by atoms with van der Waals surface area (Å²) in [6.45, 7) is 4.99. The van der Waals surface area contributed by atoms with Gasteiger partial charge in [0.05, 0.1) is 19.4 Å². The molecule has 1 aromatic carbocycles. The van der Waals surface area contributed by atoms with Crippen molar-refractivity contribution in [1.29, 1.82) is 0 Å². The number of piperidine rings is 1. The first-order valence-corrected chi connectivity index (χ1v) is 9.58. The van der Waals surface area contributed by atoms with Crippen LogP contribution >= 0.6 is 0 Å². The zero-order chi connectivity index (χ0) is 20.5. The highest BCUT2D eigenvalue weighted by Gasteiger charge is 2.25. The number of hydrogen-bond acceptors (Lipinski definition) is 5. The molecule has 2 rings (SSSR count). The summed E-state index contributed by atoms with van der Waals surface area (Å²) in [7, 11) is 1.55. The van der Waals surface area contributed by atoms with Crippen molar-refractivity contribution in [2.24, 2.45) is 0 Å². The zero-order valence-corrected chi connectivity index (χ0v) is 16.8. The summed E-state index contributed by atoms with van der Waals surface area (Å²) in [4.78, 5) is 39.3. The van der Waals surface area contributed by atoms with Gasteiger partial charge in [-0.3, -0.25) is 9.59 Å². The van der Waals surface area contributed by atoms with Gasteiger partial charge in [-0.1, -0.05) is 12.1 Å². The van der Waals surface area contributed by atoms with Crippen molar-refractivity contribution in [2.45, 2.75) is 39.2 Å². The molecule has 1 aliphatic rings. The summed E-state index contributed by atoms with van der Waals surface area (Å²) in [6.07, 6.45) is 1.26. The van der Waals surface area contributed by atoms with Gasteiger partial charge in [-0.2, -0.15) is 0 Å². The van der Waals surface area contributed by atoms with E-state index in [2.05, 4.69) is 5.32 Å². The molecule has 1 heterocycles. The number of methoxy groups -OCH3 is 1. The van der Waals surface area contributed by atoms with Gasteiger partial charge in [0, 0.05) is 39.0 Å². The monoisotopic (exact) mass is 391 g/mol. The average Bonchev–Trinajstić information content (AvgIpc) is 2.69. The molecule has 0 unspecified atom stereocenters. The van der Waals surface area contributed by atoms with Crippen LogP contribution in [0.25, 0.3) is 0 Å². The number of likely N-dealkylation sites (tertiary alicyclic amines) is 1. The van der Waals surface area contributed by atoms with E-state index in [4.69, 9.17) is 9.47 Å². The number of benzene rings is 1. The van der Waals surface area contributed by atoms with Crippen LogP contribution in [0.2, 0.25) is 0 Å². The van der Waals surface area contributed by atoms with Crippen molar-refractivity contribution in [2.75, 3.05) is 38.3 Å². The van der Waals surface area contributed by atoms with Crippen molar-refractivity contribution >= 4 is 23.6 Å². The lowest BCUT2D eigenvalue weighted by atomic mass is 10.1. The van der Waals surface area contributed by atoms with E-state index in [1.807, 2.05) is 12.1 Å². The molecule has 1 aromatic rings. The normalized spacial score (nSPS) is 14.3. The van der Waals surface area contributed by atoms with Crippen LogP contribution in [0.3, 0.4) is 0 Å². The number of nitrogens with zero attached hydrogens (tertiary/aromatic N) is 2. The van der Waals surface area contributed by atoms with Gasteiger partial charge in [0.25, 0.3) is 0 Å². The maximum Gasteiger partial charge on any atom is 0.409 e. The van der Waals surface area contributed by atoms with E-state index in [9.17, 15) is 14.4 Å². The van der Waals surface area contributed by atoms with Gasteiger partial charge in [-0.05, 0) is 31.9 Å². The summed E-state index contributed by atoms with van der Waals surface area (Å²) in [5, 5.41) is 3.00. The van der Waals surface area contributed by atoms with Crippen LogP contribution < -0.4 is 15.0 Å². The van der Waals surface area contributed by atoms with Crippen LogP contribution in [0.4, 0.5) is 10.5 Å². The van der Waals surface area contributed by atoms with E-state index in [-0.39, 0.29) is 36.9 Å². The summed E-state index contributed by atoms with van der Waals surface area (Å²) in [5.41, 5.74) is 0.646. The maximum absolute atomic E-state index is 12.4. The van der Waals surface area contributed by atoms with E-state index < -0.39 is 0 Å². The summed E-state index contributed by atoms with van der Waals surface area (Å²) >= 11 is 0. The number of rotatable bonds is 7. The summed E-state index contributed by atoms with van der Waals surface area (Å²) < 4.78 is 10.3. The maximum atomic E-state index is 12.4. The predicted octanol–water partition coefficient (Wildman–Crippen LogP) is 2.18. The number of nitrogens with one attached hydrogen (secondary N) is 1. The van der Waals surface area contributed by atoms with Crippen LogP contribution in [0.1, 0.15) is 33.1 Å². The second-order valence-corrected chi connectivity index (χ2v) is 6.62. The molecule has 0 bridgehead atoms. The Labute approximate surface area is 165 Å². The Balaban J connectivity index is 1.84. The molecule has 0 aromatic heterocycles. The van der Waals surface area contributed by atoms with Crippen LogP contribution in [0.5, 0.6) is 5.75 Å². The highest BCUT2D eigenvalue weighted by atomic mass is 16.6. The zero-order valence-electron chi connectivity index (χ0n) is 16.8. The van der Waals surface area contributed by atoms with Gasteiger partial charge in [0.2, 0.25) is 11.8 Å². The Kier molecular flexibility index (Phi) is 8.10. The van der Waals surface area contributed by atoms with Crippen molar-refractivity contribution < 1.29 is 23.9 Å². The molecule has 3 amide bonds. The SMILES string of the molecule is CCOC(=O)N1CCC(NC(=O)CCN(C(C)=O)c2ccccc2OC)CC1. The van der Waals surface area contributed by atoms with Gasteiger partial charge < -0.3 is 24.6 Å². The van der Waals surface area contributed by atoms with E-state index in [1.165, 1.54) is 6.92 Å². The van der Waals surface area contributed by atoms with Gasteiger partial charge in [-0.25, -0.2) is 4.79 Å². The molecular weight excluding hydrogens is 362 g/mol. The minimum Gasteiger partial charge on any atom is -0.495 e. The molecule has 0 aliphatic carbocycles. The molecule has 154 valence electrons. The molecular formula is C20H29N3O5. The molecule has 8 heteroatoms. The van der Waals surface area contributed by atoms with Gasteiger partial charge in [0.1, 0.15) is 5.75 Å². The van der Waals surface area contributed by atoms with Gasteiger partial charge >= 0.3 is 6.09 Å². The summed E-state index contributed by atoms with van der Waals surface area (Å²) in [6, 6.07) is 7.25. The molecule has 0 spiro atoms. The Morgan fingerprint density at radius 2 is 1.89 bits per heavy atom. The number of ether oxygens (including phenoxy) is 2. The van der Waals surface area contributed by atoms with Crippen molar-refractivity contribution in [3.05, 3.63) is 24.3 Å². The fourth-order valence-corrected chi connectivity index (χ4v) is 3.23. The highest BCUT2D eigenvalue weighted by molar-refractivity contribution is 5.93. The van der Waals surface area contributed by atoms with Crippen molar-refractivity contribution in [3.63, 3.8) is 0 Å². The van der Waals surface area contributed by atoms with Crippen molar-refractivity contribution in [3.8, 4) is 5.75 Å². The number of anilines is 1. The van der Waals surface area contributed by atoms with Crippen molar-refractivity contribution in [1.82, 2.24) is 10.2 Å². The van der Waals surface area contributed by atoms with Crippen LogP contribution in [0, 0.1) is 0 Å². The Morgan fingerprint density at radius 3 is 2.50 bits per heavy atom. The molecule has 0 radical (unpaired) electrons. The van der Waals surface area contributed by atoms with E-state index in [0.29, 0.717) is 44.0 Å². The molecule has 1 aliphatic heterocycles. The molecule has 1 N–H and O–H groups in total. The highest BCUT2D eigenvalue weighted by Crippen LogP contribution is 2.27. The Hall–Kier alpha value is -2.77. The Morgan fingerprint density at radius 1 is 1.21 bits per heavy atom. The standard InChI is InChI=1S/C20H29N3O5/c1-4-28-20(26)22-12-9-16(10-13-22)21-19(25)11-14-23(15(2)24)17-7-5-6-8-18(17)27-3/h5-8,16H,4,9-14H2,1-3H3,(H,21,25). The lowest BCUT2D eigenvalue weighted by molar-refractivity contribution is -0.122. The number of carbonyl (C=O) groups is 3. The largest absolute Gasteiger partial charge is 0.495 e. The lowest BCUT2D eigenvalue weighted by Crippen LogP contribution is -2.47. The average molecular weight is 391 g/mol. The molecule has 8 nitrogen and oxygen atoms in total. The molecule has 28 heavy (non-hydrogen) atoms. The predicted molar refractivity (Wildman–Crippen MR) is 105 cm³/mol. The fraction of sp³-hybridized carbons (Fsp3) is 0.550. The third kappa shape index (κ3) is 5.87. The third-order valence-electron chi connectivity index (χ3n) is 4.70. The second kappa shape index (κ2) is 10.5. The topological polar surface area (TPSA) is 88.2 Å². The first-order chi connectivity index (χ1) is 13.5. The second-order valence-electron chi connectivity index (χ2n) is 6.62. The third-order valence-corrected chi connectivity index (χ3v) is 4.70. The van der Waals surface area contributed by atoms with E-state index >= 15 is 0 Å². The van der Waals surface area contributed by atoms with Crippen LogP contribution in [-0.2, 0) is 14.3 Å². The minimum absolute atomic E-state index is 0.0233. The number of carbonyl (C=O) groups excluding carboxylic acids is 3. The summed E-state index contributed by atoms with van der Waals surface area (Å²) in [5.74, 6) is 0.320. The smallest absolute Gasteiger partial charge is 0.409 e. The minimum atomic E-state index is -0.304. The quantitative estimate of drug-likeness (QED) is 0.770. The molecule has 1 fully saturated rings.